The Balaban J connectivity index is 0. The van der Waals surface area contributed by atoms with E-state index in [1.165, 1.54) is 0 Å². The molecule has 4 N–H and O–H groups in total. The molecule has 0 fully saturated rings. The molecule has 0 aromatic rings. The van der Waals surface area contributed by atoms with E-state index in [1.807, 2.05) is 5.43 Å². The van der Waals surface area contributed by atoms with Crippen LogP contribution in [0.3, 0.4) is 0 Å². The van der Waals surface area contributed by atoms with Gasteiger partial charge < -0.3 is 5.11 Å². The number of hydrogen-bond acceptors (Lipinski definition) is 3. The maximum absolute atomic E-state index is 7.64. The van der Waals surface area contributed by atoms with Gasteiger partial charge in [0.1, 0.15) is 6.73 Å². The molecule has 0 spiro atoms. The fourth-order valence-electron chi connectivity index (χ4n) is 0. The number of halogens is 1. The topological polar surface area (TPSA) is 58.3 Å². The van der Waals surface area contributed by atoms with Crippen molar-refractivity contribution in [1.82, 2.24) is 5.43 Å². The summed E-state index contributed by atoms with van der Waals surface area (Å²) < 4.78 is 0. The number of hydrazine groups is 1. The van der Waals surface area contributed by atoms with Crippen molar-refractivity contribution in [2.45, 2.75) is 0 Å². The van der Waals surface area contributed by atoms with E-state index in [0.717, 1.165) is 0 Å². The van der Waals surface area contributed by atoms with Crippen LogP contribution in [0.15, 0.2) is 0 Å². The second-order valence-electron chi connectivity index (χ2n) is 0.362. The average molecular weight is 98.5 g/mol. The molecule has 4 heteroatoms. The van der Waals surface area contributed by atoms with E-state index in [4.69, 9.17) is 5.11 Å². The molecule has 0 aliphatic heterocycles. The highest BCUT2D eigenvalue weighted by Gasteiger charge is 1.50. The summed E-state index contributed by atoms with van der Waals surface area (Å²) in [6.07, 6.45) is 0. The molecule has 0 aromatic heterocycles. The zero-order chi connectivity index (χ0) is 3.41. The molecule has 0 aromatic carbocycles. The number of nitrogens with two attached hydrogens (primary N) is 1. The van der Waals surface area contributed by atoms with Crippen molar-refractivity contribution in [1.29, 1.82) is 0 Å². The first-order chi connectivity index (χ1) is 1.91. The highest BCUT2D eigenvalue weighted by Crippen LogP contribution is 1.18. The van der Waals surface area contributed by atoms with E-state index in [9.17, 15) is 0 Å². The van der Waals surface area contributed by atoms with Crippen LogP contribution in [-0.4, -0.2) is 11.8 Å². The fourth-order valence-corrected chi connectivity index (χ4v) is 0. The third-order valence-corrected chi connectivity index (χ3v) is 0.0913. The molecular weight excluding hydrogens is 91.5 g/mol. The fraction of sp³-hybridized carbons (Fsp3) is 1.00. The summed E-state index contributed by atoms with van der Waals surface area (Å²) in [5, 5.41) is 7.64. The summed E-state index contributed by atoms with van der Waals surface area (Å²) in [7, 11) is 0. The van der Waals surface area contributed by atoms with Gasteiger partial charge in [0, 0.05) is 0 Å². The molecular formula is CH7ClN2O. The van der Waals surface area contributed by atoms with E-state index in [1.54, 1.807) is 0 Å². The Morgan fingerprint density at radius 3 is 2.00 bits per heavy atom. The molecule has 0 aliphatic rings. The number of nitrogens with one attached hydrogen (secondary N) is 1. The molecule has 0 saturated carbocycles. The van der Waals surface area contributed by atoms with Crippen molar-refractivity contribution in [3.05, 3.63) is 0 Å². The van der Waals surface area contributed by atoms with Gasteiger partial charge in [0.15, 0.2) is 0 Å². The molecule has 0 saturated heterocycles. The van der Waals surface area contributed by atoms with E-state index in [2.05, 4.69) is 5.84 Å². The second-order valence-corrected chi connectivity index (χ2v) is 0.362. The zero-order valence-corrected chi connectivity index (χ0v) is 3.46. The summed E-state index contributed by atoms with van der Waals surface area (Å²) in [4.78, 5) is 0. The predicted molar refractivity (Wildman–Crippen MR) is 21.7 cm³/mol. The summed E-state index contributed by atoms with van der Waals surface area (Å²) in [6, 6.07) is 0. The van der Waals surface area contributed by atoms with Crippen LogP contribution in [-0.2, 0) is 0 Å². The molecule has 0 amide bonds. The van der Waals surface area contributed by atoms with Gasteiger partial charge in [-0.2, -0.15) is 0 Å². The van der Waals surface area contributed by atoms with Crippen molar-refractivity contribution in [2.75, 3.05) is 6.73 Å². The Morgan fingerprint density at radius 2 is 2.00 bits per heavy atom. The highest BCUT2D eigenvalue weighted by atomic mass is 35.5. The minimum absolute atomic E-state index is 0. The van der Waals surface area contributed by atoms with Gasteiger partial charge in [-0.15, -0.1) is 12.4 Å². The van der Waals surface area contributed by atoms with Gasteiger partial charge in [0.25, 0.3) is 0 Å². The quantitative estimate of drug-likeness (QED) is 0.220. The first-order valence-electron chi connectivity index (χ1n) is 0.958. The van der Waals surface area contributed by atoms with Crippen molar-refractivity contribution < 1.29 is 5.11 Å². The van der Waals surface area contributed by atoms with Crippen LogP contribution in [0, 0.1) is 0 Å². The van der Waals surface area contributed by atoms with Crippen molar-refractivity contribution >= 4 is 12.4 Å². The molecule has 0 bridgehead atoms. The van der Waals surface area contributed by atoms with E-state index >= 15 is 0 Å². The van der Waals surface area contributed by atoms with E-state index in [-0.39, 0.29) is 19.1 Å². The first-order valence-corrected chi connectivity index (χ1v) is 0.958. The molecule has 0 radical (unpaired) electrons. The molecule has 0 atom stereocenters. The van der Waals surface area contributed by atoms with Gasteiger partial charge in [-0.1, -0.05) is 0 Å². The van der Waals surface area contributed by atoms with E-state index in [0.29, 0.717) is 0 Å². The van der Waals surface area contributed by atoms with Crippen LogP contribution in [0.1, 0.15) is 0 Å². The summed E-state index contributed by atoms with van der Waals surface area (Å²) in [6.45, 7) is -0.153. The van der Waals surface area contributed by atoms with Crippen LogP contribution < -0.4 is 11.3 Å². The van der Waals surface area contributed by atoms with E-state index < -0.39 is 0 Å². The minimum atomic E-state index is -0.153. The lowest BCUT2D eigenvalue weighted by molar-refractivity contribution is 0.263. The SMILES string of the molecule is Cl.NNCO. The molecule has 0 heterocycles. The van der Waals surface area contributed by atoms with Crippen LogP contribution in [0.25, 0.3) is 0 Å². The lowest BCUT2D eigenvalue weighted by Crippen LogP contribution is -2.21. The maximum Gasteiger partial charge on any atom is 0.105 e. The monoisotopic (exact) mass is 98.0 g/mol. The van der Waals surface area contributed by atoms with Crippen LogP contribution in [0.5, 0.6) is 0 Å². The Labute approximate surface area is 36.5 Å². The molecule has 34 valence electrons. The second kappa shape index (κ2) is 8.90. The normalized spacial score (nSPS) is 6.00. The molecule has 0 unspecified atom stereocenters. The number of hydrogen-bond donors (Lipinski definition) is 3. The van der Waals surface area contributed by atoms with Crippen molar-refractivity contribution in [3.8, 4) is 0 Å². The molecule has 0 rings (SSSR count). The van der Waals surface area contributed by atoms with Gasteiger partial charge in [0.05, 0.1) is 0 Å². The van der Waals surface area contributed by atoms with Crippen molar-refractivity contribution in [2.24, 2.45) is 5.84 Å². The number of aliphatic hydroxyl groups is 1. The molecule has 5 heavy (non-hydrogen) atoms. The Hall–Kier alpha value is 0.170. The summed E-state index contributed by atoms with van der Waals surface area (Å²) in [5.41, 5.74) is 1.99. The molecule has 3 nitrogen and oxygen atoms in total. The van der Waals surface area contributed by atoms with Crippen LogP contribution >= 0.6 is 12.4 Å². The minimum Gasteiger partial charge on any atom is -0.380 e. The standard InChI is InChI=1S/CH6N2O.ClH/c2-3-1-4;/h3-4H,1-2H2;1H. The predicted octanol–water partition coefficient (Wildman–Crippen LogP) is -1.18. The zero-order valence-electron chi connectivity index (χ0n) is 2.64. The third-order valence-electron chi connectivity index (χ3n) is 0.0913. The van der Waals surface area contributed by atoms with Gasteiger partial charge >= 0.3 is 0 Å². The van der Waals surface area contributed by atoms with Crippen LogP contribution in [0.2, 0.25) is 0 Å². The third kappa shape index (κ3) is 14.3. The van der Waals surface area contributed by atoms with Crippen LogP contribution in [0.4, 0.5) is 0 Å². The van der Waals surface area contributed by atoms with Crippen molar-refractivity contribution in [3.63, 3.8) is 0 Å². The highest BCUT2D eigenvalue weighted by molar-refractivity contribution is 5.85. The Kier molecular flexibility index (Phi) is 15.9. The Bertz CT molecular complexity index is 11.6. The first kappa shape index (κ1) is 8.95. The summed E-state index contributed by atoms with van der Waals surface area (Å²) >= 11 is 0. The molecule has 0 aliphatic carbocycles. The number of rotatable bonds is 1. The Morgan fingerprint density at radius 1 is 1.80 bits per heavy atom. The lowest BCUT2D eigenvalue weighted by Gasteiger charge is -1.77. The summed E-state index contributed by atoms with van der Waals surface area (Å²) in [5.74, 6) is 4.53. The van der Waals surface area contributed by atoms with Gasteiger partial charge in [-0.3, -0.25) is 5.84 Å². The van der Waals surface area contributed by atoms with Gasteiger partial charge in [-0.25, -0.2) is 5.43 Å². The van der Waals surface area contributed by atoms with Gasteiger partial charge in [-0.05, 0) is 0 Å². The lowest BCUT2D eigenvalue weighted by atomic mass is 11.4. The van der Waals surface area contributed by atoms with Gasteiger partial charge in [0.2, 0.25) is 0 Å². The smallest absolute Gasteiger partial charge is 0.105 e. The number of aliphatic hydroxyl groups excluding tert-OH is 1. The largest absolute Gasteiger partial charge is 0.380 e. The maximum atomic E-state index is 7.64. The average Bonchev–Trinajstić information content (AvgIpc) is 1.37.